The second kappa shape index (κ2) is 8.18. The van der Waals surface area contributed by atoms with Crippen LogP contribution < -0.4 is 0 Å². The van der Waals surface area contributed by atoms with Crippen molar-refractivity contribution in [2.24, 2.45) is 11.3 Å². The summed E-state index contributed by atoms with van der Waals surface area (Å²) < 4.78 is 4.75. The van der Waals surface area contributed by atoms with E-state index in [0.717, 1.165) is 52.5 Å². The number of hydrogen-bond acceptors (Lipinski definition) is 6. The molecule has 1 atom stereocenters. The van der Waals surface area contributed by atoms with Gasteiger partial charge >= 0.3 is 0 Å². The SMILES string of the molecule is Cc1ccc2nc(C)c(C)c(C(=O)N3CCC4(CC3)CC4C(=O)N(C)Cc3nonc3C)c2c1. The number of rotatable bonds is 4. The predicted molar refractivity (Wildman–Crippen MR) is 127 cm³/mol. The van der Waals surface area contributed by atoms with E-state index in [1.807, 2.05) is 51.8 Å². The summed E-state index contributed by atoms with van der Waals surface area (Å²) in [4.78, 5) is 35.1. The van der Waals surface area contributed by atoms with Crippen LogP contribution in [0.25, 0.3) is 10.9 Å². The van der Waals surface area contributed by atoms with Crippen LogP contribution in [0.15, 0.2) is 22.8 Å². The summed E-state index contributed by atoms with van der Waals surface area (Å²) in [5.41, 5.74) is 5.99. The van der Waals surface area contributed by atoms with E-state index in [9.17, 15) is 9.59 Å². The molecule has 34 heavy (non-hydrogen) atoms. The van der Waals surface area contributed by atoms with Gasteiger partial charge in [-0.25, -0.2) is 4.63 Å². The van der Waals surface area contributed by atoms with E-state index in [1.165, 1.54) is 0 Å². The first-order chi connectivity index (χ1) is 16.2. The zero-order valence-electron chi connectivity index (χ0n) is 20.5. The molecule has 0 bridgehead atoms. The maximum atomic E-state index is 13.7. The quantitative estimate of drug-likeness (QED) is 0.588. The van der Waals surface area contributed by atoms with Gasteiger partial charge in [-0.1, -0.05) is 21.9 Å². The Bertz CT molecular complexity index is 1290. The number of amides is 2. The monoisotopic (exact) mass is 461 g/mol. The third kappa shape index (κ3) is 3.75. The highest BCUT2D eigenvalue weighted by atomic mass is 16.6. The van der Waals surface area contributed by atoms with Crippen LogP contribution in [0.2, 0.25) is 0 Å². The van der Waals surface area contributed by atoms with Gasteiger partial charge in [-0.15, -0.1) is 0 Å². The molecule has 0 N–H and O–H groups in total. The third-order valence-electron chi connectivity index (χ3n) is 7.88. The van der Waals surface area contributed by atoms with Crippen molar-refractivity contribution in [2.75, 3.05) is 20.1 Å². The van der Waals surface area contributed by atoms with E-state index in [4.69, 9.17) is 4.63 Å². The van der Waals surface area contributed by atoms with Gasteiger partial charge in [0.1, 0.15) is 11.4 Å². The lowest BCUT2D eigenvalue weighted by Gasteiger charge is -2.34. The van der Waals surface area contributed by atoms with Gasteiger partial charge in [-0.05, 0) is 70.1 Å². The molecule has 1 spiro atoms. The number of likely N-dealkylation sites (tertiary alicyclic amines) is 1. The molecule has 1 aliphatic heterocycles. The van der Waals surface area contributed by atoms with Crippen LogP contribution >= 0.6 is 0 Å². The van der Waals surface area contributed by atoms with Crippen molar-refractivity contribution < 1.29 is 14.2 Å². The summed E-state index contributed by atoms with van der Waals surface area (Å²) >= 11 is 0. The number of carbonyl (C=O) groups excluding carboxylic acids is 2. The first-order valence-electron chi connectivity index (χ1n) is 11.9. The molecule has 1 saturated carbocycles. The molecular weight excluding hydrogens is 430 g/mol. The zero-order chi connectivity index (χ0) is 24.2. The molecule has 1 unspecified atom stereocenters. The Balaban J connectivity index is 1.28. The Morgan fingerprint density at radius 1 is 1.12 bits per heavy atom. The summed E-state index contributed by atoms with van der Waals surface area (Å²) in [7, 11) is 1.81. The lowest BCUT2D eigenvalue weighted by atomic mass is 9.89. The van der Waals surface area contributed by atoms with Crippen molar-refractivity contribution in [1.82, 2.24) is 25.1 Å². The predicted octanol–water partition coefficient (Wildman–Crippen LogP) is 3.75. The van der Waals surface area contributed by atoms with E-state index < -0.39 is 0 Å². The number of benzene rings is 1. The van der Waals surface area contributed by atoms with Crippen molar-refractivity contribution in [2.45, 2.75) is 53.5 Å². The second-order valence-electron chi connectivity index (χ2n) is 10.1. The highest BCUT2D eigenvalue weighted by Gasteiger charge is 2.59. The zero-order valence-corrected chi connectivity index (χ0v) is 20.5. The molecule has 3 aromatic rings. The van der Waals surface area contributed by atoms with Crippen LogP contribution in [0.3, 0.4) is 0 Å². The molecule has 178 valence electrons. The topological polar surface area (TPSA) is 92.4 Å². The van der Waals surface area contributed by atoms with Crippen molar-refractivity contribution in [3.63, 3.8) is 0 Å². The van der Waals surface area contributed by atoms with E-state index in [1.54, 1.807) is 4.90 Å². The number of aryl methyl sites for hydroxylation is 3. The summed E-state index contributed by atoms with van der Waals surface area (Å²) in [5, 5.41) is 8.61. The fraction of sp³-hybridized carbons (Fsp3) is 0.500. The Morgan fingerprint density at radius 2 is 1.85 bits per heavy atom. The highest BCUT2D eigenvalue weighted by molar-refractivity contribution is 6.07. The normalized spacial score (nSPS) is 19.0. The molecule has 1 saturated heterocycles. The van der Waals surface area contributed by atoms with Gasteiger partial charge in [-0.3, -0.25) is 14.6 Å². The van der Waals surface area contributed by atoms with Gasteiger partial charge < -0.3 is 9.80 Å². The molecule has 1 aromatic carbocycles. The fourth-order valence-corrected chi connectivity index (χ4v) is 5.39. The number of pyridine rings is 1. The molecule has 0 radical (unpaired) electrons. The van der Waals surface area contributed by atoms with E-state index >= 15 is 0 Å². The molecule has 1 aliphatic carbocycles. The van der Waals surface area contributed by atoms with Gasteiger partial charge in [0.25, 0.3) is 5.91 Å². The summed E-state index contributed by atoms with van der Waals surface area (Å²) in [5.74, 6) is 0.232. The second-order valence-corrected chi connectivity index (χ2v) is 10.1. The van der Waals surface area contributed by atoms with E-state index in [-0.39, 0.29) is 23.1 Å². The number of aromatic nitrogens is 3. The third-order valence-corrected chi connectivity index (χ3v) is 7.88. The summed E-state index contributed by atoms with van der Waals surface area (Å²) in [6, 6.07) is 6.09. The molecule has 2 amide bonds. The molecule has 8 nitrogen and oxygen atoms in total. The average Bonchev–Trinajstić information content (AvgIpc) is 3.36. The largest absolute Gasteiger partial charge is 0.339 e. The molecular formula is C26H31N5O3. The highest BCUT2D eigenvalue weighted by Crippen LogP contribution is 2.60. The minimum absolute atomic E-state index is 0.0150. The maximum Gasteiger partial charge on any atom is 0.254 e. The molecule has 2 fully saturated rings. The minimum atomic E-state index is 0.0150. The van der Waals surface area contributed by atoms with Crippen LogP contribution in [-0.4, -0.2) is 57.0 Å². The van der Waals surface area contributed by atoms with Gasteiger partial charge in [0.05, 0.1) is 17.6 Å². The lowest BCUT2D eigenvalue weighted by molar-refractivity contribution is -0.133. The Kier molecular flexibility index (Phi) is 5.41. The Labute approximate surface area is 199 Å². The van der Waals surface area contributed by atoms with Crippen molar-refractivity contribution in [3.8, 4) is 0 Å². The number of piperidine rings is 1. The molecule has 2 aliphatic rings. The Hall–Kier alpha value is -3.29. The van der Waals surface area contributed by atoms with Crippen molar-refractivity contribution in [3.05, 3.63) is 52.0 Å². The maximum absolute atomic E-state index is 13.7. The van der Waals surface area contributed by atoms with Crippen LogP contribution in [0.4, 0.5) is 0 Å². The van der Waals surface area contributed by atoms with Gasteiger partial charge in [0, 0.05) is 37.1 Å². The van der Waals surface area contributed by atoms with Crippen LogP contribution in [0.1, 0.15) is 57.8 Å². The first kappa shape index (κ1) is 22.5. The van der Waals surface area contributed by atoms with Gasteiger partial charge in [-0.2, -0.15) is 0 Å². The molecule has 8 heteroatoms. The number of carbonyl (C=O) groups is 2. The number of fused-ring (bicyclic) bond motifs is 1. The van der Waals surface area contributed by atoms with Crippen molar-refractivity contribution >= 4 is 22.7 Å². The van der Waals surface area contributed by atoms with Crippen LogP contribution in [0, 0.1) is 39.0 Å². The van der Waals surface area contributed by atoms with E-state index in [0.29, 0.717) is 31.0 Å². The first-order valence-corrected chi connectivity index (χ1v) is 11.9. The Morgan fingerprint density at radius 3 is 2.53 bits per heavy atom. The molecule has 3 heterocycles. The average molecular weight is 462 g/mol. The van der Waals surface area contributed by atoms with Crippen LogP contribution in [0.5, 0.6) is 0 Å². The standard InChI is InChI=1S/C26H31N5O3/c1-15-6-7-21-19(12-15)23(16(2)17(3)27-21)25(33)31-10-8-26(9-11-31)13-20(26)24(32)30(5)14-22-18(4)28-34-29-22/h6-7,12,20H,8-11,13-14H2,1-5H3. The summed E-state index contributed by atoms with van der Waals surface area (Å²) in [6.07, 6.45) is 2.60. The van der Waals surface area contributed by atoms with Crippen LogP contribution in [-0.2, 0) is 11.3 Å². The summed E-state index contributed by atoms with van der Waals surface area (Å²) in [6.45, 7) is 9.56. The lowest BCUT2D eigenvalue weighted by Crippen LogP contribution is -2.41. The van der Waals surface area contributed by atoms with Gasteiger partial charge in [0.2, 0.25) is 5.91 Å². The van der Waals surface area contributed by atoms with Gasteiger partial charge in [0.15, 0.2) is 0 Å². The van der Waals surface area contributed by atoms with Crippen molar-refractivity contribution in [1.29, 1.82) is 0 Å². The fourth-order valence-electron chi connectivity index (χ4n) is 5.39. The molecule has 2 aromatic heterocycles. The van der Waals surface area contributed by atoms with E-state index in [2.05, 4.69) is 21.4 Å². The number of nitrogens with zero attached hydrogens (tertiary/aromatic N) is 5. The molecule has 5 rings (SSSR count). The smallest absolute Gasteiger partial charge is 0.254 e. The number of hydrogen-bond donors (Lipinski definition) is 0. The minimum Gasteiger partial charge on any atom is -0.339 e.